The summed E-state index contributed by atoms with van der Waals surface area (Å²) in [4.78, 5) is 25.2. The second-order valence-electron chi connectivity index (χ2n) is 8.39. The van der Waals surface area contributed by atoms with Crippen LogP contribution in [-0.2, 0) is 15.6 Å². The van der Waals surface area contributed by atoms with Crippen molar-refractivity contribution in [3.05, 3.63) is 70.3 Å². The molecule has 0 radical (unpaired) electrons. The van der Waals surface area contributed by atoms with Crippen molar-refractivity contribution in [2.45, 2.75) is 51.4 Å². The van der Waals surface area contributed by atoms with E-state index in [2.05, 4.69) is 33.8 Å². The van der Waals surface area contributed by atoms with E-state index >= 15 is 0 Å². The summed E-state index contributed by atoms with van der Waals surface area (Å²) in [6.45, 7) is 8.99. The molecule has 0 heterocycles. The standard InChI is InChI=1S/C23H26O3/c1-22(2)12-13-23(3,4)19-14-15(10-11-18(19)22)20(24)16-8-6-7-9-17(16)21(25)26-5/h6-11,14H,12-13H2,1-5H3. The van der Waals surface area contributed by atoms with Crippen molar-refractivity contribution >= 4 is 11.8 Å². The van der Waals surface area contributed by atoms with Gasteiger partial charge < -0.3 is 4.74 Å². The number of esters is 1. The smallest absolute Gasteiger partial charge is 0.338 e. The van der Waals surface area contributed by atoms with Gasteiger partial charge in [0.1, 0.15) is 0 Å². The van der Waals surface area contributed by atoms with Crippen LogP contribution in [0.15, 0.2) is 42.5 Å². The molecule has 1 aliphatic carbocycles. The number of hydrogen-bond donors (Lipinski definition) is 0. The number of rotatable bonds is 3. The molecule has 3 nitrogen and oxygen atoms in total. The number of methoxy groups -OCH3 is 1. The van der Waals surface area contributed by atoms with Crippen LogP contribution in [0.4, 0.5) is 0 Å². The summed E-state index contributed by atoms with van der Waals surface area (Å²) in [7, 11) is 1.33. The van der Waals surface area contributed by atoms with Gasteiger partial charge in [-0.2, -0.15) is 0 Å². The Labute approximate surface area is 155 Å². The van der Waals surface area contributed by atoms with Gasteiger partial charge in [0.25, 0.3) is 0 Å². The third kappa shape index (κ3) is 3.07. The highest BCUT2D eigenvalue weighted by Gasteiger charge is 2.37. The molecule has 2 aromatic rings. The fourth-order valence-corrected chi connectivity index (χ4v) is 3.85. The lowest BCUT2D eigenvalue weighted by Gasteiger charge is -2.42. The Kier molecular flexibility index (Phi) is 4.51. The lowest BCUT2D eigenvalue weighted by molar-refractivity contribution is 0.0597. The van der Waals surface area contributed by atoms with E-state index in [9.17, 15) is 9.59 Å². The van der Waals surface area contributed by atoms with Gasteiger partial charge in [0.05, 0.1) is 12.7 Å². The first-order chi connectivity index (χ1) is 12.2. The molecule has 26 heavy (non-hydrogen) atoms. The summed E-state index contributed by atoms with van der Waals surface area (Å²) in [5.74, 6) is -0.638. The molecule has 2 aromatic carbocycles. The van der Waals surface area contributed by atoms with E-state index in [0.29, 0.717) is 16.7 Å². The maximum Gasteiger partial charge on any atom is 0.338 e. The Morgan fingerprint density at radius 3 is 2.04 bits per heavy atom. The van der Waals surface area contributed by atoms with Crippen molar-refractivity contribution < 1.29 is 14.3 Å². The van der Waals surface area contributed by atoms with Gasteiger partial charge in [-0.3, -0.25) is 4.79 Å². The number of ketones is 1. The normalized spacial score (nSPS) is 17.3. The van der Waals surface area contributed by atoms with Crippen molar-refractivity contribution in [1.82, 2.24) is 0 Å². The minimum atomic E-state index is -0.492. The summed E-state index contributed by atoms with van der Waals surface area (Å²) < 4.78 is 4.82. The van der Waals surface area contributed by atoms with E-state index in [-0.39, 0.29) is 16.6 Å². The fourth-order valence-electron chi connectivity index (χ4n) is 3.85. The molecule has 136 valence electrons. The zero-order chi connectivity index (χ0) is 19.1. The van der Waals surface area contributed by atoms with Crippen LogP contribution in [0.5, 0.6) is 0 Å². The molecule has 0 bridgehead atoms. The quantitative estimate of drug-likeness (QED) is 0.574. The van der Waals surface area contributed by atoms with E-state index in [4.69, 9.17) is 4.74 Å². The monoisotopic (exact) mass is 350 g/mol. The van der Waals surface area contributed by atoms with Crippen LogP contribution < -0.4 is 0 Å². The number of carbonyl (C=O) groups is 2. The third-order valence-corrected chi connectivity index (χ3v) is 5.69. The van der Waals surface area contributed by atoms with Gasteiger partial charge in [0, 0.05) is 11.1 Å². The van der Waals surface area contributed by atoms with Crippen LogP contribution in [0.1, 0.15) is 77.9 Å². The van der Waals surface area contributed by atoms with E-state index < -0.39 is 5.97 Å². The van der Waals surface area contributed by atoms with Crippen LogP contribution in [-0.4, -0.2) is 18.9 Å². The zero-order valence-electron chi connectivity index (χ0n) is 16.2. The van der Waals surface area contributed by atoms with Crippen LogP contribution in [0.2, 0.25) is 0 Å². The first kappa shape index (κ1) is 18.4. The molecule has 3 heteroatoms. The maximum absolute atomic E-state index is 13.1. The SMILES string of the molecule is COC(=O)c1ccccc1C(=O)c1ccc2c(c1)C(C)(C)CCC2(C)C. The van der Waals surface area contributed by atoms with Gasteiger partial charge in [-0.05, 0) is 46.9 Å². The first-order valence-corrected chi connectivity index (χ1v) is 9.04. The van der Waals surface area contributed by atoms with Crippen molar-refractivity contribution in [1.29, 1.82) is 0 Å². The summed E-state index contributed by atoms with van der Waals surface area (Å²) in [5, 5.41) is 0. The van der Waals surface area contributed by atoms with Crippen molar-refractivity contribution in [3.63, 3.8) is 0 Å². The average Bonchev–Trinajstić information content (AvgIpc) is 2.64. The number of carbonyl (C=O) groups excluding carboxylic acids is 2. The van der Waals surface area contributed by atoms with Gasteiger partial charge in [0.15, 0.2) is 5.78 Å². The molecule has 0 N–H and O–H groups in total. The molecule has 0 atom stereocenters. The van der Waals surface area contributed by atoms with Gasteiger partial charge in [-0.1, -0.05) is 58.0 Å². The molecule has 3 rings (SSSR count). The van der Waals surface area contributed by atoms with Gasteiger partial charge in [-0.25, -0.2) is 4.79 Å². The Bertz CT molecular complexity index is 875. The number of benzene rings is 2. The van der Waals surface area contributed by atoms with Crippen molar-refractivity contribution in [2.24, 2.45) is 0 Å². The molecular formula is C23H26O3. The minimum Gasteiger partial charge on any atom is -0.465 e. The van der Waals surface area contributed by atoms with Crippen LogP contribution in [0.3, 0.4) is 0 Å². The third-order valence-electron chi connectivity index (χ3n) is 5.69. The molecule has 1 aliphatic rings. The Balaban J connectivity index is 2.10. The molecular weight excluding hydrogens is 324 g/mol. The molecule has 0 fully saturated rings. The van der Waals surface area contributed by atoms with E-state index in [1.807, 2.05) is 12.1 Å². The molecule has 0 saturated carbocycles. The Hall–Kier alpha value is -2.42. The lowest BCUT2D eigenvalue weighted by Crippen LogP contribution is -2.34. The minimum absolute atomic E-state index is 0.0308. The summed E-state index contributed by atoms with van der Waals surface area (Å²) in [6.07, 6.45) is 2.22. The van der Waals surface area contributed by atoms with Gasteiger partial charge >= 0.3 is 5.97 Å². The fraction of sp³-hybridized carbons (Fsp3) is 0.391. The number of fused-ring (bicyclic) bond motifs is 1. The lowest BCUT2D eigenvalue weighted by atomic mass is 9.63. The Morgan fingerprint density at radius 2 is 1.42 bits per heavy atom. The second-order valence-corrected chi connectivity index (χ2v) is 8.39. The van der Waals surface area contributed by atoms with Crippen molar-refractivity contribution in [3.8, 4) is 0 Å². The molecule has 0 aromatic heterocycles. The Morgan fingerprint density at radius 1 is 0.846 bits per heavy atom. The van der Waals surface area contributed by atoms with Crippen LogP contribution in [0, 0.1) is 0 Å². The maximum atomic E-state index is 13.1. The molecule has 0 amide bonds. The zero-order valence-corrected chi connectivity index (χ0v) is 16.2. The molecule has 0 saturated heterocycles. The van der Waals surface area contributed by atoms with Gasteiger partial charge in [-0.15, -0.1) is 0 Å². The van der Waals surface area contributed by atoms with Gasteiger partial charge in [0.2, 0.25) is 0 Å². The highest BCUT2D eigenvalue weighted by Crippen LogP contribution is 2.46. The van der Waals surface area contributed by atoms with E-state index in [0.717, 1.165) is 12.8 Å². The summed E-state index contributed by atoms with van der Waals surface area (Å²) in [5.41, 5.74) is 3.98. The molecule has 0 aliphatic heterocycles. The topological polar surface area (TPSA) is 43.4 Å². The summed E-state index contributed by atoms with van der Waals surface area (Å²) >= 11 is 0. The molecule has 0 spiro atoms. The van der Waals surface area contributed by atoms with Crippen LogP contribution >= 0.6 is 0 Å². The van der Waals surface area contributed by atoms with E-state index in [1.165, 1.54) is 18.2 Å². The first-order valence-electron chi connectivity index (χ1n) is 9.04. The number of hydrogen-bond acceptors (Lipinski definition) is 3. The summed E-state index contributed by atoms with van der Waals surface area (Å²) in [6, 6.07) is 12.8. The predicted molar refractivity (Wildman–Crippen MR) is 103 cm³/mol. The predicted octanol–water partition coefficient (Wildman–Crippen LogP) is 5.05. The second kappa shape index (κ2) is 6.39. The van der Waals surface area contributed by atoms with Crippen molar-refractivity contribution in [2.75, 3.05) is 7.11 Å². The van der Waals surface area contributed by atoms with Crippen LogP contribution in [0.25, 0.3) is 0 Å². The average molecular weight is 350 g/mol. The highest BCUT2D eigenvalue weighted by atomic mass is 16.5. The largest absolute Gasteiger partial charge is 0.465 e. The van der Waals surface area contributed by atoms with E-state index in [1.54, 1.807) is 24.3 Å². The highest BCUT2D eigenvalue weighted by molar-refractivity contribution is 6.14. The number of ether oxygens (including phenoxy) is 1. The molecule has 0 unspecified atom stereocenters.